The van der Waals surface area contributed by atoms with Crippen molar-refractivity contribution in [3.8, 4) is 0 Å². The van der Waals surface area contributed by atoms with Gasteiger partial charge in [-0.05, 0) is 17.7 Å². The van der Waals surface area contributed by atoms with Gasteiger partial charge in [0.25, 0.3) is 0 Å². The van der Waals surface area contributed by atoms with Gasteiger partial charge in [-0.25, -0.2) is 5.06 Å². The number of amides is 1. The molecule has 0 atom stereocenters. The maximum Gasteiger partial charge on any atom is 0.246 e. The minimum absolute atomic E-state index is 0.0665. The SMILES string of the molecule is CON(C)C(=O)CC1(c2cccc(N)c2)COC1. The molecule has 0 saturated carbocycles. The summed E-state index contributed by atoms with van der Waals surface area (Å²) >= 11 is 0. The molecule has 18 heavy (non-hydrogen) atoms. The van der Waals surface area contributed by atoms with Crippen LogP contribution in [0.4, 0.5) is 5.69 Å². The number of hydroxylamine groups is 2. The van der Waals surface area contributed by atoms with E-state index in [0.717, 1.165) is 5.56 Å². The zero-order valence-corrected chi connectivity index (χ0v) is 10.7. The minimum atomic E-state index is -0.265. The zero-order valence-electron chi connectivity index (χ0n) is 10.7. The number of carbonyl (C=O) groups is 1. The molecule has 0 bridgehead atoms. The lowest BCUT2D eigenvalue weighted by molar-refractivity contribution is -0.175. The van der Waals surface area contributed by atoms with Crippen LogP contribution in [-0.2, 0) is 19.8 Å². The molecule has 1 saturated heterocycles. The Kier molecular flexibility index (Phi) is 3.54. The summed E-state index contributed by atoms with van der Waals surface area (Å²) in [6.45, 7) is 1.08. The maximum absolute atomic E-state index is 12.0. The van der Waals surface area contributed by atoms with E-state index in [9.17, 15) is 4.79 Å². The smallest absolute Gasteiger partial charge is 0.246 e. The number of hydrogen-bond acceptors (Lipinski definition) is 4. The lowest BCUT2D eigenvalue weighted by Crippen LogP contribution is -2.50. The van der Waals surface area contributed by atoms with Crippen molar-refractivity contribution < 1.29 is 14.4 Å². The van der Waals surface area contributed by atoms with E-state index in [0.29, 0.717) is 25.3 Å². The van der Waals surface area contributed by atoms with E-state index in [1.54, 1.807) is 7.05 Å². The maximum atomic E-state index is 12.0. The summed E-state index contributed by atoms with van der Waals surface area (Å²) in [5.41, 5.74) is 7.27. The van der Waals surface area contributed by atoms with Gasteiger partial charge in [0.15, 0.2) is 0 Å². The Balaban J connectivity index is 2.19. The van der Waals surface area contributed by atoms with Gasteiger partial charge in [-0.15, -0.1) is 0 Å². The molecule has 0 aliphatic carbocycles. The van der Waals surface area contributed by atoms with Crippen LogP contribution >= 0.6 is 0 Å². The molecule has 0 radical (unpaired) electrons. The fourth-order valence-electron chi connectivity index (χ4n) is 2.09. The molecule has 5 nitrogen and oxygen atoms in total. The van der Waals surface area contributed by atoms with Crippen molar-refractivity contribution in [3.05, 3.63) is 29.8 Å². The fraction of sp³-hybridized carbons (Fsp3) is 0.462. The molecule has 1 heterocycles. The molecule has 1 aliphatic rings. The molecule has 0 spiro atoms. The molecule has 1 aliphatic heterocycles. The van der Waals surface area contributed by atoms with Crippen molar-refractivity contribution >= 4 is 11.6 Å². The third-order valence-electron chi connectivity index (χ3n) is 3.37. The molecule has 2 N–H and O–H groups in total. The number of rotatable bonds is 4. The highest BCUT2D eigenvalue weighted by molar-refractivity contribution is 5.77. The summed E-state index contributed by atoms with van der Waals surface area (Å²) in [6, 6.07) is 7.62. The lowest BCUT2D eigenvalue weighted by Gasteiger charge is -2.42. The van der Waals surface area contributed by atoms with Crippen LogP contribution in [0.15, 0.2) is 24.3 Å². The van der Waals surface area contributed by atoms with E-state index in [2.05, 4.69) is 0 Å². The van der Waals surface area contributed by atoms with Crippen molar-refractivity contribution in [2.75, 3.05) is 33.1 Å². The van der Waals surface area contributed by atoms with E-state index in [1.165, 1.54) is 12.2 Å². The van der Waals surface area contributed by atoms with Crippen molar-refractivity contribution in [1.29, 1.82) is 0 Å². The van der Waals surface area contributed by atoms with Gasteiger partial charge in [0.2, 0.25) is 5.91 Å². The number of nitrogens with zero attached hydrogens (tertiary/aromatic N) is 1. The predicted molar refractivity (Wildman–Crippen MR) is 67.7 cm³/mol. The predicted octanol–water partition coefficient (Wildman–Crippen LogP) is 0.947. The molecule has 0 unspecified atom stereocenters. The average Bonchev–Trinajstić information content (AvgIpc) is 2.32. The lowest BCUT2D eigenvalue weighted by atomic mass is 9.75. The highest BCUT2D eigenvalue weighted by Crippen LogP contribution is 2.36. The molecular formula is C13H18N2O3. The van der Waals surface area contributed by atoms with Gasteiger partial charge in [0.05, 0.1) is 25.7 Å². The van der Waals surface area contributed by atoms with Crippen LogP contribution in [0, 0.1) is 0 Å². The molecule has 1 aromatic rings. The van der Waals surface area contributed by atoms with E-state index in [1.807, 2.05) is 24.3 Å². The molecule has 2 rings (SSSR count). The Labute approximate surface area is 106 Å². The van der Waals surface area contributed by atoms with E-state index >= 15 is 0 Å². The van der Waals surface area contributed by atoms with Crippen LogP contribution in [0.2, 0.25) is 0 Å². The Morgan fingerprint density at radius 2 is 2.28 bits per heavy atom. The Morgan fingerprint density at radius 1 is 1.56 bits per heavy atom. The minimum Gasteiger partial charge on any atom is -0.399 e. The number of benzene rings is 1. The highest BCUT2D eigenvalue weighted by Gasteiger charge is 2.43. The van der Waals surface area contributed by atoms with Crippen molar-refractivity contribution in [1.82, 2.24) is 5.06 Å². The first-order chi connectivity index (χ1) is 8.57. The van der Waals surface area contributed by atoms with Gasteiger partial charge in [0, 0.05) is 19.2 Å². The summed E-state index contributed by atoms with van der Waals surface area (Å²) in [6.07, 6.45) is 0.362. The van der Waals surface area contributed by atoms with Crippen molar-refractivity contribution in [3.63, 3.8) is 0 Å². The van der Waals surface area contributed by atoms with Crippen molar-refractivity contribution in [2.45, 2.75) is 11.8 Å². The Hall–Kier alpha value is -1.59. The monoisotopic (exact) mass is 250 g/mol. The first-order valence-electron chi connectivity index (χ1n) is 5.82. The van der Waals surface area contributed by atoms with Gasteiger partial charge in [-0.1, -0.05) is 12.1 Å². The van der Waals surface area contributed by atoms with Gasteiger partial charge in [-0.3, -0.25) is 9.63 Å². The number of nitrogen functional groups attached to an aromatic ring is 1. The number of carbonyl (C=O) groups excluding carboxylic acids is 1. The number of hydrogen-bond donors (Lipinski definition) is 1. The quantitative estimate of drug-likeness (QED) is 0.638. The Bertz CT molecular complexity index is 444. The number of ether oxygens (including phenoxy) is 1. The topological polar surface area (TPSA) is 64.8 Å². The molecule has 0 aromatic heterocycles. The standard InChI is InChI=1S/C13H18N2O3/c1-15(17-2)12(16)7-13(8-18-9-13)10-4-3-5-11(14)6-10/h3-6H,7-9,14H2,1-2H3. The number of anilines is 1. The first-order valence-corrected chi connectivity index (χ1v) is 5.82. The van der Waals surface area contributed by atoms with Gasteiger partial charge >= 0.3 is 0 Å². The normalized spacial score (nSPS) is 17.0. The largest absolute Gasteiger partial charge is 0.399 e. The molecule has 1 fully saturated rings. The van der Waals surface area contributed by atoms with Crippen LogP contribution in [-0.4, -0.2) is 38.3 Å². The van der Waals surface area contributed by atoms with Crippen LogP contribution in [0.5, 0.6) is 0 Å². The van der Waals surface area contributed by atoms with E-state index < -0.39 is 0 Å². The summed E-state index contributed by atoms with van der Waals surface area (Å²) in [4.78, 5) is 16.9. The first kappa shape index (κ1) is 12.9. The second-order valence-electron chi connectivity index (χ2n) is 4.65. The summed E-state index contributed by atoms with van der Waals surface area (Å²) < 4.78 is 5.29. The van der Waals surface area contributed by atoms with Crippen LogP contribution in [0.25, 0.3) is 0 Å². The van der Waals surface area contributed by atoms with Crippen molar-refractivity contribution in [2.24, 2.45) is 0 Å². The summed E-state index contributed by atoms with van der Waals surface area (Å²) in [5.74, 6) is -0.0665. The van der Waals surface area contributed by atoms with Gasteiger partial charge in [-0.2, -0.15) is 0 Å². The third kappa shape index (κ3) is 2.32. The van der Waals surface area contributed by atoms with Crippen LogP contribution in [0.1, 0.15) is 12.0 Å². The van der Waals surface area contributed by atoms with E-state index in [-0.39, 0.29) is 11.3 Å². The second-order valence-corrected chi connectivity index (χ2v) is 4.65. The zero-order chi connectivity index (χ0) is 13.2. The van der Waals surface area contributed by atoms with E-state index in [4.69, 9.17) is 15.3 Å². The second kappa shape index (κ2) is 4.96. The molecule has 1 aromatic carbocycles. The molecule has 1 amide bonds. The highest BCUT2D eigenvalue weighted by atomic mass is 16.7. The van der Waals surface area contributed by atoms with Gasteiger partial charge < -0.3 is 10.5 Å². The van der Waals surface area contributed by atoms with Gasteiger partial charge in [0.1, 0.15) is 0 Å². The third-order valence-corrected chi connectivity index (χ3v) is 3.37. The average molecular weight is 250 g/mol. The number of nitrogens with two attached hydrogens (primary N) is 1. The molecule has 5 heteroatoms. The molecule has 98 valence electrons. The Morgan fingerprint density at radius 3 is 2.78 bits per heavy atom. The summed E-state index contributed by atoms with van der Waals surface area (Å²) in [7, 11) is 3.08. The van der Waals surface area contributed by atoms with Crippen LogP contribution < -0.4 is 5.73 Å². The van der Waals surface area contributed by atoms with Crippen LogP contribution in [0.3, 0.4) is 0 Å². The fourth-order valence-corrected chi connectivity index (χ4v) is 2.09. The summed E-state index contributed by atoms with van der Waals surface area (Å²) in [5, 5.41) is 1.24. The molecular weight excluding hydrogens is 232 g/mol.